The molecular weight excluding hydrogens is 374 g/mol. The van der Waals surface area contributed by atoms with E-state index in [0.29, 0.717) is 18.3 Å². The third-order valence-corrected chi connectivity index (χ3v) is 5.52. The second-order valence-electron chi connectivity index (χ2n) is 7.76. The summed E-state index contributed by atoms with van der Waals surface area (Å²) in [6.45, 7) is 7.39. The summed E-state index contributed by atoms with van der Waals surface area (Å²) in [5.41, 5.74) is 8.19. The molecule has 6 heteroatoms. The highest BCUT2D eigenvalue weighted by Gasteiger charge is 2.18. The van der Waals surface area contributed by atoms with Gasteiger partial charge in [-0.2, -0.15) is 0 Å². The lowest BCUT2D eigenvalue weighted by Crippen LogP contribution is -2.19. The molecule has 6 nitrogen and oxygen atoms in total. The zero-order chi connectivity index (χ0) is 20.7. The van der Waals surface area contributed by atoms with Crippen molar-refractivity contribution in [3.05, 3.63) is 83.0 Å². The second-order valence-corrected chi connectivity index (χ2v) is 7.76. The average molecular weight is 397 g/mol. The van der Waals surface area contributed by atoms with Gasteiger partial charge in [-0.1, -0.05) is 42.5 Å². The summed E-state index contributed by atoms with van der Waals surface area (Å²) in [6, 6.07) is 15.1. The number of benzene rings is 2. The first kappa shape index (κ1) is 18.4. The number of rotatable bonds is 4. The van der Waals surface area contributed by atoms with Gasteiger partial charge in [-0.3, -0.25) is 0 Å². The van der Waals surface area contributed by atoms with E-state index in [1.165, 1.54) is 22.3 Å². The Labute approximate surface area is 175 Å². The minimum absolute atomic E-state index is 0.579. The van der Waals surface area contributed by atoms with E-state index in [0.717, 1.165) is 29.3 Å². The second kappa shape index (κ2) is 7.30. The van der Waals surface area contributed by atoms with Crippen LogP contribution < -0.4 is 0 Å². The molecule has 3 heterocycles. The van der Waals surface area contributed by atoms with Crippen molar-refractivity contribution in [3.8, 4) is 22.5 Å². The maximum Gasteiger partial charge on any atom is 0.235 e. The Morgan fingerprint density at radius 2 is 1.70 bits per heavy atom. The van der Waals surface area contributed by atoms with Crippen molar-refractivity contribution >= 4 is 6.08 Å². The fourth-order valence-corrected chi connectivity index (χ4v) is 3.68. The third kappa shape index (κ3) is 3.52. The van der Waals surface area contributed by atoms with Crippen LogP contribution in [0.15, 0.2) is 53.1 Å². The lowest BCUT2D eigenvalue weighted by molar-refractivity contribution is 0.307. The molecule has 5 rings (SSSR count). The molecular formula is C24H23N5O. The minimum atomic E-state index is 0.579. The van der Waals surface area contributed by atoms with Crippen molar-refractivity contribution < 1.29 is 4.42 Å². The van der Waals surface area contributed by atoms with Gasteiger partial charge in [0.2, 0.25) is 11.8 Å². The number of hydrogen-bond donors (Lipinski definition) is 1. The van der Waals surface area contributed by atoms with Crippen LogP contribution in [-0.2, 0) is 13.1 Å². The van der Waals surface area contributed by atoms with Crippen molar-refractivity contribution in [1.82, 2.24) is 25.1 Å². The zero-order valence-electron chi connectivity index (χ0n) is 17.3. The fraction of sp³-hybridized carbons (Fsp3) is 0.208. The molecule has 0 spiro atoms. The zero-order valence-corrected chi connectivity index (χ0v) is 17.3. The van der Waals surface area contributed by atoms with Gasteiger partial charge in [0.1, 0.15) is 5.82 Å². The Balaban J connectivity index is 1.34. The molecule has 0 radical (unpaired) electrons. The smallest absolute Gasteiger partial charge is 0.235 e. The SMILES string of the molecule is Cc1nnc(CN2C=Cc3nc(-c4ccc(-c5ccc(C)c(C)c5)cc4)[nH]c3C2)o1. The summed E-state index contributed by atoms with van der Waals surface area (Å²) in [4.78, 5) is 10.4. The monoisotopic (exact) mass is 397 g/mol. The molecule has 1 aliphatic rings. The summed E-state index contributed by atoms with van der Waals surface area (Å²) in [7, 11) is 0. The first-order valence-electron chi connectivity index (χ1n) is 10.0. The van der Waals surface area contributed by atoms with Crippen molar-refractivity contribution in [3.63, 3.8) is 0 Å². The number of fused-ring (bicyclic) bond motifs is 1. The summed E-state index contributed by atoms with van der Waals surface area (Å²) in [6.07, 6.45) is 4.04. The molecule has 4 aromatic rings. The van der Waals surface area contributed by atoms with Crippen LogP contribution in [0.4, 0.5) is 0 Å². The normalized spacial score (nSPS) is 13.0. The van der Waals surface area contributed by atoms with E-state index in [-0.39, 0.29) is 0 Å². The molecule has 0 saturated carbocycles. The maximum atomic E-state index is 5.49. The molecule has 0 fully saturated rings. The molecule has 30 heavy (non-hydrogen) atoms. The number of H-pyrrole nitrogens is 1. The van der Waals surface area contributed by atoms with E-state index in [4.69, 9.17) is 9.40 Å². The van der Waals surface area contributed by atoms with Gasteiger partial charge >= 0.3 is 0 Å². The molecule has 1 N–H and O–H groups in total. The van der Waals surface area contributed by atoms with Crippen LogP contribution in [0.3, 0.4) is 0 Å². The molecule has 1 aliphatic heterocycles. The first-order chi connectivity index (χ1) is 14.5. The van der Waals surface area contributed by atoms with Gasteiger partial charge in [0.15, 0.2) is 0 Å². The van der Waals surface area contributed by atoms with Gasteiger partial charge in [0.25, 0.3) is 0 Å². The Hall–Kier alpha value is -3.67. The summed E-state index contributed by atoms with van der Waals surface area (Å²) >= 11 is 0. The highest BCUT2D eigenvalue weighted by molar-refractivity contribution is 5.69. The van der Waals surface area contributed by atoms with Crippen molar-refractivity contribution in [2.24, 2.45) is 0 Å². The van der Waals surface area contributed by atoms with Gasteiger partial charge in [0, 0.05) is 18.7 Å². The molecule has 0 saturated heterocycles. The molecule has 2 aromatic heterocycles. The molecule has 0 aliphatic carbocycles. The van der Waals surface area contributed by atoms with Crippen LogP contribution in [0, 0.1) is 20.8 Å². The van der Waals surface area contributed by atoms with Gasteiger partial charge in [-0.25, -0.2) is 4.98 Å². The van der Waals surface area contributed by atoms with Crippen LogP contribution in [0.5, 0.6) is 0 Å². The van der Waals surface area contributed by atoms with Gasteiger partial charge in [-0.05, 0) is 42.2 Å². The van der Waals surface area contributed by atoms with Crippen LogP contribution in [0.1, 0.15) is 34.3 Å². The molecule has 0 atom stereocenters. The first-order valence-corrected chi connectivity index (χ1v) is 10.0. The van der Waals surface area contributed by atoms with E-state index in [1.807, 2.05) is 12.3 Å². The van der Waals surface area contributed by atoms with Crippen molar-refractivity contribution in [2.75, 3.05) is 0 Å². The van der Waals surface area contributed by atoms with Crippen LogP contribution >= 0.6 is 0 Å². The number of nitrogens with one attached hydrogen (secondary N) is 1. The van der Waals surface area contributed by atoms with E-state index in [2.05, 4.69) is 76.4 Å². The van der Waals surface area contributed by atoms with E-state index >= 15 is 0 Å². The minimum Gasteiger partial charge on any atom is -0.424 e. The van der Waals surface area contributed by atoms with E-state index in [9.17, 15) is 0 Å². The number of aromatic nitrogens is 4. The number of hydrogen-bond acceptors (Lipinski definition) is 5. The lowest BCUT2D eigenvalue weighted by atomic mass is 9.99. The van der Waals surface area contributed by atoms with Crippen molar-refractivity contribution in [1.29, 1.82) is 0 Å². The molecule has 0 unspecified atom stereocenters. The topological polar surface area (TPSA) is 70.8 Å². The summed E-state index contributed by atoms with van der Waals surface area (Å²) in [5, 5.41) is 7.96. The average Bonchev–Trinajstić information content (AvgIpc) is 3.36. The van der Waals surface area contributed by atoms with E-state index in [1.54, 1.807) is 6.92 Å². The largest absolute Gasteiger partial charge is 0.424 e. The predicted molar refractivity (Wildman–Crippen MR) is 116 cm³/mol. The Morgan fingerprint density at radius 3 is 2.43 bits per heavy atom. The standard InChI is InChI=1S/C24H23N5O/c1-15-4-5-20(12-16(15)2)18-6-8-19(9-7-18)24-25-21-10-11-29(13-22(21)26-24)14-23-28-27-17(3)30-23/h4-12H,13-14H2,1-3H3,(H,25,26). The summed E-state index contributed by atoms with van der Waals surface area (Å²) in [5.74, 6) is 2.08. The number of aromatic amines is 1. The Kier molecular flexibility index (Phi) is 4.47. The van der Waals surface area contributed by atoms with Crippen molar-refractivity contribution in [2.45, 2.75) is 33.9 Å². The number of imidazole rings is 1. The third-order valence-electron chi connectivity index (χ3n) is 5.52. The Morgan fingerprint density at radius 1 is 0.933 bits per heavy atom. The predicted octanol–water partition coefficient (Wildman–Crippen LogP) is 5.04. The Bertz CT molecular complexity index is 1230. The van der Waals surface area contributed by atoms with Crippen LogP contribution in [0.2, 0.25) is 0 Å². The molecule has 0 amide bonds. The van der Waals surface area contributed by atoms with Crippen LogP contribution in [-0.4, -0.2) is 25.1 Å². The number of aryl methyl sites for hydroxylation is 3. The molecule has 150 valence electrons. The highest BCUT2D eigenvalue weighted by Crippen LogP contribution is 2.27. The number of nitrogens with zero attached hydrogens (tertiary/aromatic N) is 4. The highest BCUT2D eigenvalue weighted by atomic mass is 16.4. The van der Waals surface area contributed by atoms with Gasteiger partial charge in [0.05, 0.1) is 24.5 Å². The van der Waals surface area contributed by atoms with E-state index < -0.39 is 0 Å². The lowest BCUT2D eigenvalue weighted by Gasteiger charge is -2.20. The molecule has 2 aromatic carbocycles. The molecule has 0 bridgehead atoms. The van der Waals surface area contributed by atoms with Crippen LogP contribution in [0.25, 0.3) is 28.6 Å². The van der Waals surface area contributed by atoms with Gasteiger partial charge < -0.3 is 14.3 Å². The maximum absolute atomic E-state index is 5.49. The fourth-order valence-electron chi connectivity index (χ4n) is 3.68. The summed E-state index contributed by atoms with van der Waals surface area (Å²) < 4.78 is 5.49. The van der Waals surface area contributed by atoms with Gasteiger partial charge in [-0.15, -0.1) is 10.2 Å². The quantitative estimate of drug-likeness (QED) is 0.522.